The van der Waals surface area contributed by atoms with Crippen molar-refractivity contribution in [3.8, 4) is 17.3 Å². The summed E-state index contributed by atoms with van der Waals surface area (Å²) >= 11 is 6.37. The van der Waals surface area contributed by atoms with Crippen LogP contribution in [0.2, 0.25) is 5.02 Å². The van der Waals surface area contributed by atoms with Crippen molar-refractivity contribution >= 4 is 47.6 Å². The Labute approximate surface area is 238 Å². The van der Waals surface area contributed by atoms with E-state index in [4.69, 9.17) is 16.3 Å². The van der Waals surface area contributed by atoms with Crippen molar-refractivity contribution in [3.05, 3.63) is 52.3 Å². The van der Waals surface area contributed by atoms with Crippen LogP contribution < -0.4 is 15.7 Å². The maximum absolute atomic E-state index is 13.0. The van der Waals surface area contributed by atoms with E-state index >= 15 is 0 Å². The van der Waals surface area contributed by atoms with Crippen LogP contribution >= 0.6 is 18.7 Å². The molecule has 3 heterocycles. The summed E-state index contributed by atoms with van der Waals surface area (Å²) in [5.74, 6) is 0.265. The maximum Gasteiger partial charge on any atom is 0.414 e. The van der Waals surface area contributed by atoms with Gasteiger partial charge >= 0.3 is 6.09 Å². The average Bonchev–Trinajstić information content (AvgIpc) is 3.17. The summed E-state index contributed by atoms with van der Waals surface area (Å²) in [6.45, 7) is 12.1. The molecule has 3 aromatic rings. The number of rotatable bonds is 5. The predicted octanol–water partition coefficient (Wildman–Crippen LogP) is 5.37. The van der Waals surface area contributed by atoms with Crippen molar-refractivity contribution in [3.63, 3.8) is 0 Å². The molecule has 0 radical (unpaired) electrons. The number of nitrogens with one attached hydrogen (secondary N) is 1. The summed E-state index contributed by atoms with van der Waals surface area (Å²) in [6, 6.07) is 9.04. The van der Waals surface area contributed by atoms with Crippen molar-refractivity contribution in [2.75, 3.05) is 36.7 Å². The zero-order chi connectivity index (χ0) is 29.6. The quantitative estimate of drug-likeness (QED) is 0.380. The van der Waals surface area contributed by atoms with Crippen LogP contribution in [0.4, 0.5) is 22.1 Å². The van der Waals surface area contributed by atoms with Gasteiger partial charge in [-0.2, -0.15) is 5.26 Å². The van der Waals surface area contributed by atoms with Gasteiger partial charge in [-0.05, 0) is 70.9 Å². The highest BCUT2D eigenvalue weighted by Crippen LogP contribution is 2.45. The van der Waals surface area contributed by atoms with E-state index in [1.165, 1.54) is 4.90 Å². The lowest BCUT2D eigenvalue weighted by Crippen LogP contribution is -2.40. The number of nitrogens with zero attached hydrogens (tertiary/aromatic N) is 5. The average molecular weight is 583 g/mol. The van der Waals surface area contributed by atoms with Crippen molar-refractivity contribution in [1.82, 2.24) is 15.0 Å². The van der Waals surface area contributed by atoms with Crippen molar-refractivity contribution in [1.29, 1.82) is 5.26 Å². The molecule has 210 valence electrons. The lowest BCUT2D eigenvalue weighted by Gasteiger charge is -2.26. The minimum atomic E-state index is -2.66. The minimum Gasteiger partial charge on any atom is -0.443 e. The highest BCUT2D eigenvalue weighted by Gasteiger charge is 2.44. The fourth-order valence-corrected chi connectivity index (χ4v) is 6.24. The smallest absolute Gasteiger partial charge is 0.414 e. The van der Waals surface area contributed by atoms with Gasteiger partial charge < -0.3 is 19.7 Å². The Morgan fingerprint density at radius 1 is 1.30 bits per heavy atom. The number of fused-ring (bicyclic) bond motifs is 1. The molecule has 0 aliphatic carbocycles. The molecule has 0 saturated heterocycles. The Kier molecular flexibility index (Phi) is 7.72. The number of hydrogen-bond donors (Lipinski definition) is 2. The number of carbonyl (C=O) groups is 1. The van der Waals surface area contributed by atoms with E-state index in [0.29, 0.717) is 39.3 Å². The molecule has 0 bridgehead atoms. The first-order valence-electron chi connectivity index (χ1n) is 12.6. The number of anilines is 3. The Balaban J connectivity index is 1.75. The van der Waals surface area contributed by atoms with Crippen LogP contribution in [0.1, 0.15) is 44.5 Å². The monoisotopic (exact) mass is 582 g/mol. The largest absolute Gasteiger partial charge is 0.443 e. The zero-order valence-corrected chi connectivity index (χ0v) is 25.2. The molecule has 1 amide bonds. The van der Waals surface area contributed by atoms with Crippen LogP contribution in [-0.2, 0) is 14.7 Å². The van der Waals surface area contributed by atoms with Crippen molar-refractivity contribution in [2.24, 2.45) is 0 Å². The first kappa shape index (κ1) is 29.5. The molecule has 12 heteroatoms. The number of hydrogen-bond acceptors (Lipinski definition) is 9. The summed E-state index contributed by atoms with van der Waals surface area (Å²) in [5, 5.41) is 23.8. The molecule has 2 aromatic heterocycles. The topological polar surface area (TPSA) is 141 Å². The van der Waals surface area contributed by atoms with E-state index in [-0.39, 0.29) is 29.7 Å². The third kappa shape index (κ3) is 5.83. The lowest BCUT2D eigenvalue weighted by atomic mass is 9.83. The highest BCUT2D eigenvalue weighted by atomic mass is 35.5. The number of aromatic nitrogens is 3. The molecule has 1 aliphatic rings. The number of amides is 1. The van der Waals surface area contributed by atoms with Crippen LogP contribution in [0.3, 0.4) is 0 Å². The van der Waals surface area contributed by atoms with Gasteiger partial charge in [-0.3, -0.25) is 4.90 Å². The van der Waals surface area contributed by atoms with Gasteiger partial charge in [-0.1, -0.05) is 18.5 Å². The Hall–Kier alpha value is -3.51. The van der Waals surface area contributed by atoms with Gasteiger partial charge in [0, 0.05) is 23.7 Å². The van der Waals surface area contributed by atoms with E-state index in [0.717, 1.165) is 0 Å². The summed E-state index contributed by atoms with van der Waals surface area (Å²) in [4.78, 5) is 27.8. The number of aryl methyl sites for hydroxylation is 1. The van der Waals surface area contributed by atoms with Crippen LogP contribution in [0.5, 0.6) is 0 Å². The number of aliphatic hydroxyl groups excluding tert-OH is 1. The molecule has 0 fully saturated rings. The fraction of sp³-hybridized carbons (Fsp3) is 0.393. The van der Waals surface area contributed by atoms with E-state index < -0.39 is 24.3 Å². The third-order valence-corrected chi connectivity index (χ3v) is 8.26. The van der Waals surface area contributed by atoms with Gasteiger partial charge in [0.25, 0.3) is 0 Å². The third-order valence-electron chi connectivity index (χ3n) is 6.48. The summed E-state index contributed by atoms with van der Waals surface area (Å²) in [6.07, 6.45) is 0.993. The molecule has 2 N–H and O–H groups in total. The summed E-state index contributed by atoms with van der Waals surface area (Å²) in [5.41, 5.74) is 2.43. The first-order chi connectivity index (χ1) is 18.6. The number of ether oxygens (including phenoxy) is 1. The maximum atomic E-state index is 13.0. The molecular formula is C28H32ClN6O4P. The number of aliphatic hydroxyl groups is 1. The molecule has 1 atom stereocenters. The Bertz CT molecular complexity index is 1590. The molecule has 4 rings (SSSR count). The molecule has 1 aliphatic heterocycles. The van der Waals surface area contributed by atoms with Gasteiger partial charge in [-0.15, -0.1) is 0 Å². The van der Waals surface area contributed by atoms with Crippen molar-refractivity contribution < 1.29 is 19.2 Å². The van der Waals surface area contributed by atoms with Crippen LogP contribution in [0.15, 0.2) is 30.5 Å². The second kappa shape index (κ2) is 10.5. The van der Waals surface area contributed by atoms with Crippen LogP contribution in [0.25, 0.3) is 11.3 Å². The molecule has 0 saturated carbocycles. The number of benzene rings is 1. The van der Waals surface area contributed by atoms with Gasteiger partial charge in [0.2, 0.25) is 5.95 Å². The Morgan fingerprint density at radius 2 is 2.00 bits per heavy atom. The SMILES string of the molecule is Cc1nc(P(C)(C)=O)c(Cl)cc1Nc1nccc(-c2cc(C#N)c3c(c2)[C@@](C)(CO)CN3C(=O)OC(C)(C)C)n1. The standard InChI is InChI=1S/C28H32ClN6O4P/c1-16-22(12-20(29)24(32-16)40(6,7)38)34-25-31-9-8-21(33-25)17-10-18(13-30)23-19(11-17)28(5,15-36)14-35(23)26(37)39-27(2,3)4/h8-12,36H,14-15H2,1-7H3,(H,31,33,34)/t28-/m1/s1. The molecule has 40 heavy (non-hydrogen) atoms. The van der Waals surface area contributed by atoms with Gasteiger partial charge in [0.1, 0.15) is 24.2 Å². The summed E-state index contributed by atoms with van der Waals surface area (Å²) < 4.78 is 18.1. The second-order valence-electron chi connectivity index (χ2n) is 11.5. The highest BCUT2D eigenvalue weighted by molar-refractivity contribution is 7.70. The number of halogens is 1. The fourth-order valence-electron chi connectivity index (χ4n) is 4.51. The van der Waals surface area contributed by atoms with Gasteiger partial charge in [0.15, 0.2) is 0 Å². The molecule has 0 unspecified atom stereocenters. The summed E-state index contributed by atoms with van der Waals surface area (Å²) in [7, 11) is -2.66. The predicted molar refractivity (Wildman–Crippen MR) is 157 cm³/mol. The van der Waals surface area contributed by atoms with Gasteiger partial charge in [0.05, 0.1) is 40.0 Å². The molecule has 1 aromatic carbocycles. The first-order valence-corrected chi connectivity index (χ1v) is 15.6. The number of carbonyl (C=O) groups excluding carboxylic acids is 1. The van der Waals surface area contributed by atoms with E-state index in [1.807, 2.05) is 13.0 Å². The van der Waals surface area contributed by atoms with E-state index in [1.54, 1.807) is 65.4 Å². The Morgan fingerprint density at radius 3 is 2.60 bits per heavy atom. The van der Waals surface area contributed by atoms with E-state index in [9.17, 15) is 19.7 Å². The molecular weight excluding hydrogens is 551 g/mol. The minimum absolute atomic E-state index is 0.161. The van der Waals surface area contributed by atoms with Crippen LogP contribution in [0, 0.1) is 18.3 Å². The number of pyridine rings is 1. The second-order valence-corrected chi connectivity index (χ2v) is 15.0. The molecule has 10 nitrogen and oxygen atoms in total. The number of nitriles is 1. The zero-order valence-electron chi connectivity index (χ0n) is 23.5. The van der Waals surface area contributed by atoms with Crippen molar-refractivity contribution in [2.45, 2.75) is 45.6 Å². The lowest BCUT2D eigenvalue weighted by molar-refractivity contribution is 0.0575. The molecule has 0 spiro atoms. The van der Waals surface area contributed by atoms with Crippen LogP contribution in [-0.4, -0.2) is 58.2 Å². The van der Waals surface area contributed by atoms with Gasteiger partial charge in [-0.25, -0.2) is 19.7 Å². The normalized spacial score (nSPS) is 16.9. The van der Waals surface area contributed by atoms with E-state index in [2.05, 4.69) is 26.3 Å².